The number of benzene rings is 9. The molecular formula is C64H38N8. The van der Waals surface area contributed by atoms with Gasteiger partial charge in [-0.05, 0) is 71.8 Å². The molecule has 334 valence electrons. The molecule has 16 rings (SSSR count). The maximum Gasteiger partial charge on any atom is 0.238 e. The van der Waals surface area contributed by atoms with Crippen LogP contribution in [-0.2, 0) is 0 Å². The van der Waals surface area contributed by atoms with Crippen molar-refractivity contribution in [2.24, 2.45) is 0 Å². The lowest BCUT2D eigenvalue weighted by atomic mass is 9.98. The molecule has 0 saturated heterocycles. The van der Waals surface area contributed by atoms with Crippen LogP contribution in [0.25, 0.3) is 144 Å². The van der Waals surface area contributed by atoms with Crippen molar-refractivity contribution in [1.82, 2.24) is 38.2 Å². The standard InChI is InChI=1S/C64H38N8/c1-2-17-39(18-3-1)50-37-40-32-35-57(66-60(40)61-47(50)25-16-36-65-61)71-55-30-14-8-23-45(55)48-33-34-49-46-24-9-15-31-56(46)72(63(49)62(48)71)64-67-58(69-51-26-10-4-19-41(51)42-20-5-11-27-52(42)69)38-59(68-64)70-53-28-12-6-21-43(53)44-22-7-13-29-54(44)70/h1-38H. The Bertz CT molecular complexity index is 4700. The number of pyridine rings is 2. The van der Waals surface area contributed by atoms with Gasteiger partial charge in [0.2, 0.25) is 5.95 Å². The fourth-order valence-electron chi connectivity index (χ4n) is 11.8. The Morgan fingerprint density at radius 2 is 0.708 bits per heavy atom. The molecule has 8 heteroatoms. The van der Waals surface area contributed by atoms with Crippen molar-refractivity contribution in [3.63, 3.8) is 0 Å². The number of nitrogens with zero attached hydrogens (tertiary/aromatic N) is 8. The minimum Gasteiger partial charge on any atom is -0.294 e. The zero-order valence-corrected chi connectivity index (χ0v) is 38.5. The molecule has 0 aliphatic rings. The molecule has 0 saturated carbocycles. The lowest BCUT2D eigenvalue weighted by molar-refractivity contribution is 0.918. The van der Waals surface area contributed by atoms with E-state index in [-0.39, 0.29) is 0 Å². The van der Waals surface area contributed by atoms with Gasteiger partial charge in [0.15, 0.2) is 0 Å². The largest absolute Gasteiger partial charge is 0.294 e. The van der Waals surface area contributed by atoms with Gasteiger partial charge in [-0.25, -0.2) is 4.98 Å². The highest BCUT2D eigenvalue weighted by Crippen LogP contribution is 2.43. The number of fused-ring (bicyclic) bond motifs is 16. The van der Waals surface area contributed by atoms with Crippen LogP contribution in [0.1, 0.15) is 0 Å². The molecule has 0 fully saturated rings. The second kappa shape index (κ2) is 14.8. The van der Waals surface area contributed by atoms with Crippen molar-refractivity contribution in [3.8, 4) is 34.5 Å². The van der Waals surface area contributed by atoms with Crippen molar-refractivity contribution in [1.29, 1.82) is 0 Å². The zero-order chi connectivity index (χ0) is 47.0. The first-order valence-electron chi connectivity index (χ1n) is 24.3. The fraction of sp³-hybridized carbons (Fsp3) is 0. The van der Waals surface area contributed by atoms with Gasteiger partial charge >= 0.3 is 0 Å². The van der Waals surface area contributed by atoms with E-state index in [0.29, 0.717) is 5.95 Å². The average Bonchev–Trinajstić information content (AvgIpc) is 4.18. The van der Waals surface area contributed by atoms with E-state index in [4.69, 9.17) is 19.9 Å². The van der Waals surface area contributed by atoms with Crippen molar-refractivity contribution >= 4 is 109 Å². The molecule has 0 aliphatic heterocycles. The molecule has 7 aromatic heterocycles. The normalized spacial score (nSPS) is 12.2. The highest BCUT2D eigenvalue weighted by atomic mass is 15.2. The first-order chi connectivity index (χ1) is 35.7. The van der Waals surface area contributed by atoms with Crippen LogP contribution in [0.4, 0.5) is 0 Å². The molecule has 7 heterocycles. The van der Waals surface area contributed by atoms with Crippen LogP contribution < -0.4 is 0 Å². The van der Waals surface area contributed by atoms with E-state index in [9.17, 15) is 0 Å². The second-order valence-corrected chi connectivity index (χ2v) is 18.6. The monoisotopic (exact) mass is 918 g/mol. The summed E-state index contributed by atoms with van der Waals surface area (Å²) in [6.45, 7) is 0. The first-order valence-corrected chi connectivity index (χ1v) is 24.3. The lowest BCUT2D eigenvalue weighted by Crippen LogP contribution is -2.10. The van der Waals surface area contributed by atoms with Gasteiger partial charge in [0.1, 0.15) is 17.5 Å². The van der Waals surface area contributed by atoms with Crippen LogP contribution in [0.15, 0.2) is 231 Å². The van der Waals surface area contributed by atoms with Crippen molar-refractivity contribution < 1.29 is 0 Å². The van der Waals surface area contributed by atoms with Gasteiger partial charge in [-0.1, -0.05) is 158 Å². The van der Waals surface area contributed by atoms with Crippen molar-refractivity contribution in [3.05, 3.63) is 231 Å². The summed E-state index contributed by atoms with van der Waals surface area (Å²) in [5.41, 5.74) is 12.3. The molecule has 0 radical (unpaired) electrons. The molecule has 16 aromatic rings. The average molecular weight is 919 g/mol. The number of rotatable bonds is 5. The molecule has 0 amide bonds. The van der Waals surface area contributed by atoms with E-state index in [1.165, 1.54) is 0 Å². The lowest BCUT2D eigenvalue weighted by Gasteiger charge is -2.16. The van der Waals surface area contributed by atoms with E-state index in [1.54, 1.807) is 0 Å². The van der Waals surface area contributed by atoms with Crippen molar-refractivity contribution in [2.45, 2.75) is 0 Å². The van der Waals surface area contributed by atoms with Crippen molar-refractivity contribution in [2.75, 3.05) is 0 Å². The number of hydrogen-bond donors (Lipinski definition) is 0. The summed E-state index contributed by atoms with van der Waals surface area (Å²) in [6, 6.07) is 79.8. The third kappa shape index (κ3) is 5.40. The smallest absolute Gasteiger partial charge is 0.238 e. The van der Waals surface area contributed by atoms with E-state index in [2.05, 4.69) is 237 Å². The van der Waals surface area contributed by atoms with Crippen LogP contribution >= 0.6 is 0 Å². The zero-order valence-electron chi connectivity index (χ0n) is 38.5. The van der Waals surface area contributed by atoms with Gasteiger partial charge in [0.25, 0.3) is 0 Å². The van der Waals surface area contributed by atoms with Gasteiger partial charge in [0.05, 0.1) is 55.2 Å². The Balaban J connectivity index is 1.05. The summed E-state index contributed by atoms with van der Waals surface area (Å²) in [7, 11) is 0. The van der Waals surface area contributed by atoms with Crippen LogP contribution in [0.5, 0.6) is 0 Å². The Labute approximate surface area is 410 Å². The molecule has 0 unspecified atom stereocenters. The maximum absolute atomic E-state index is 5.73. The molecule has 0 bridgehead atoms. The predicted octanol–water partition coefficient (Wildman–Crippen LogP) is 15.6. The van der Waals surface area contributed by atoms with Gasteiger partial charge in [-0.3, -0.25) is 23.3 Å². The summed E-state index contributed by atoms with van der Waals surface area (Å²) >= 11 is 0. The van der Waals surface area contributed by atoms with Crippen LogP contribution in [0.3, 0.4) is 0 Å². The van der Waals surface area contributed by atoms with Gasteiger partial charge in [0, 0.05) is 66.1 Å². The van der Waals surface area contributed by atoms with E-state index < -0.39 is 0 Å². The first kappa shape index (κ1) is 39.0. The molecule has 0 aliphatic carbocycles. The minimum atomic E-state index is 0.553. The summed E-state index contributed by atoms with van der Waals surface area (Å²) in [5, 5.41) is 11.2. The summed E-state index contributed by atoms with van der Waals surface area (Å²) in [6.07, 6.45) is 1.87. The molecule has 9 aromatic carbocycles. The molecule has 0 N–H and O–H groups in total. The number of aromatic nitrogens is 8. The third-order valence-electron chi connectivity index (χ3n) is 14.8. The third-order valence-corrected chi connectivity index (χ3v) is 14.8. The van der Waals surface area contributed by atoms with Gasteiger partial charge in [-0.15, -0.1) is 0 Å². The number of hydrogen-bond acceptors (Lipinski definition) is 4. The van der Waals surface area contributed by atoms with E-state index in [1.807, 2.05) is 12.3 Å². The van der Waals surface area contributed by atoms with Gasteiger partial charge in [-0.2, -0.15) is 9.97 Å². The van der Waals surface area contributed by atoms with Crippen LogP contribution in [-0.4, -0.2) is 38.2 Å². The minimum absolute atomic E-state index is 0.553. The Morgan fingerprint density at radius 1 is 0.278 bits per heavy atom. The van der Waals surface area contributed by atoms with Crippen LogP contribution in [0.2, 0.25) is 0 Å². The SMILES string of the molecule is c1ccc(-c2cc3ccc(-n4c5ccccc5c5ccc6c7ccccc7n(-c7nc(-n8c9ccccc9c9ccccc98)cc(-n8c9ccccc9c9ccccc98)n7)c6c54)nc3c3ncccc23)cc1. The molecule has 0 spiro atoms. The highest BCUT2D eigenvalue weighted by molar-refractivity contribution is 6.24. The Kier molecular flexibility index (Phi) is 8.01. The topological polar surface area (TPSA) is 71.3 Å². The summed E-state index contributed by atoms with van der Waals surface area (Å²) in [4.78, 5) is 22.1. The summed E-state index contributed by atoms with van der Waals surface area (Å²) < 4.78 is 9.23. The van der Waals surface area contributed by atoms with Crippen LogP contribution in [0, 0.1) is 0 Å². The molecular weight excluding hydrogens is 881 g/mol. The molecule has 8 nitrogen and oxygen atoms in total. The fourth-order valence-corrected chi connectivity index (χ4v) is 11.8. The number of para-hydroxylation sites is 6. The highest BCUT2D eigenvalue weighted by Gasteiger charge is 2.26. The quantitative estimate of drug-likeness (QED) is 0.161. The maximum atomic E-state index is 5.73. The van der Waals surface area contributed by atoms with E-state index in [0.717, 1.165) is 138 Å². The second-order valence-electron chi connectivity index (χ2n) is 18.6. The Morgan fingerprint density at radius 3 is 1.24 bits per heavy atom. The van der Waals surface area contributed by atoms with E-state index >= 15 is 0 Å². The summed E-state index contributed by atoms with van der Waals surface area (Å²) in [5.74, 6) is 2.87. The molecule has 72 heavy (non-hydrogen) atoms. The predicted molar refractivity (Wildman–Crippen MR) is 295 cm³/mol. The Hall–Kier alpha value is -9.92. The molecule has 0 atom stereocenters. The van der Waals surface area contributed by atoms with Gasteiger partial charge < -0.3 is 0 Å².